The maximum absolute atomic E-state index is 5.67. The minimum Gasteiger partial charge on any atom is -0.360 e. The summed E-state index contributed by atoms with van der Waals surface area (Å²) in [6.45, 7) is 1.61. The van der Waals surface area contributed by atoms with E-state index in [2.05, 4.69) is 41.1 Å². The summed E-state index contributed by atoms with van der Waals surface area (Å²) in [5, 5.41) is 1.28. The van der Waals surface area contributed by atoms with Crippen LogP contribution in [0.1, 0.15) is 12.8 Å². The van der Waals surface area contributed by atoms with Gasteiger partial charge in [0.25, 0.3) is 0 Å². The molecule has 0 radical (unpaired) electrons. The number of fused-ring (bicyclic) bond motifs is 1. The molecular formula is C13H15NO. The molecule has 1 aromatic heterocycles. The standard InChI is InChI=1S/C13H15NO/c1-2-4-13-12(3-1)7-8-14(13)10-15-9-11-5-6-11/h1-4,7-8,11H,5-6,9-10H2. The Morgan fingerprint density at radius 1 is 1.20 bits per heavy atom. The van der Waals surface area contributed by atoms with Gasteiger partial charge in [0.05, 0.1) is 6.61 Å². The minimum absolute atomic E-state index is 0.685. The number of hydrogen-bond acceptors (Lipinski definition) is 1. The maximum Gasteiger partial charge on any atom is 0.122 e. The Kier molecular flexibility index (Phi) is 2.22. The lowest BCUT2D eigenvalue weighted by molar-refractivity contribution is 0.0718. The van der Waals surface area contributed by atoms with Gasteiger partial charge in [-0.2, -0.15) is 0 Å². The van der Waals surface area contributed by atoms with Crippen molar-refractivity contribution in [2.75, 3.05) is 6.61 Å². The Hall–Kier alpha value is -1.28. The van der Waals surface area contributed by atoms with E-state index in [4.69, 9.17) is 4.74 Å². The Bertz CT molecular complexity index is 456. The topological polar surface area (TPSA) is 14.2 Å². The SMILES string of the molecule is c1ccc2c(c1)ccn2COCC1CC1. The zero-order valence-electron chi connectivity index (χ0n) is 8.73. The van der Waals surface area contributed by atoms with Crippen LogP contribution in [0, 0.1) is 5.92 Å². The van der Waals surface area contributed by atoms with Crippen LogP contribution in [0.3, 0.4) is 0 Å². The molecule has 1 aliphatic rings. The van der Waals surface area contributed by atoms with Crippen molar-refractivity contribution >= 4 is 10.9 Å². The molecule has 1 fully saturated rings. The third-order valence-corrected chi connectivity index (χ3v) is 2.96. The number of ether oxygens (including phenoxy) is 1. The molecule has 1 aromatic carbocycles. The monoisotopic (exact) mass is 201 g/mol. The second-order valence-electron chi connectivity index (χ2n) is 4.29. The summed E-state index contributed by atoms with van der Waals surface area (Å²) < 4.78 is 7.84. The fraction of sp³-hybridized carbons (Fsp3) is 0.385. The molecule has 78 valence electrons. The Balaban J connectivity index is 1.72. The van der Waals surface area contributed by atoms with E-state index in [0.717, 1.165) is 12.5 Å². The van der Waals surface area contributed by atoms with Crippen LogP contribution in [-0.4, -0.2) is 11.2 Å². The number of nitrogens with zero attached hydrogens (tertiary/aromatic N) is 1. The Morgan fingerprint density at radius 3 is 2.93 bits per heavy atom. The van der Waals surface area contributed by atoms with Gasteiger partial charge in [0.15, 0.2) is 0 Å². The molecule has 0 atom stereocenters. The maximum atomic E-state index is 5.67. The molecular weight excluding hydrogens is 186 g/mol. The van der Waals surface area contributed by atoms with Gasteiger partial charge in [-0.25, -0.2) is 0 Å². The normalized spacial score (nSPS) is 16.0. The molecule has 1 aliphatic carbocycles. The summed E-state index contributed by atoms with van der Waals surface area (Å²) in [6.07, 6.45) is 4.80. The zero-order valence-corrected chi connectivity index (χ0v) is 8.73. The fourth-order valence-corrected chi connectivity index (χ4v) is 1.86. The summed E-state index contributed by atoms with van der Waals surface area (Å²) in [6, 6.07) is 10.5. The van der Waals surface area contributed by atoms with Gasteiger partial charge < -0.3 is 9.30 Å². The molecule has 3 rings (SSSR count). The van der Waals surface area contributed by atoms with Gasteiger partial charge in [0.2, 0.25) is 0 Å². The number of hydrogen-bond donors (Lipinski definition) is 0. The Labute approximate surface area is 89.5 Å². The van der Waals surface area contributed by atoms with Crippen LogP contribution in [0.25, 0.3) is 10.9 Å². The Morgan fingerprint density at radius 2 is 2.07 bits per heavy atom. The molecule has 0 aliphatic heterocycles. The molecule has 2 nitrogen and oxygen atoms in total. The van der Waals surface area contributed by atoms with Crippen molar-refractivity contribution in [2.24, 2.45) is 5.92 Å². The molecule has 0 N–H and O–H groups in total. The number of benzene rings is 1. The average molecular weight is 201 g/mol. The van der Waals surface area contributed by atoms with Crippen LogP contribution >= 0.6 is 0 Å². The molecule has 1 heterocycles. The highest BCUT2D eigenvalue weighted by Crippen LogP contribution is 2.29. The van der Waals surface area contributed by atoms with Gasteiger partial charge in [-0.3, -0.25) is 0 Å². The fourth-order valence-electron chi connectivity index (χ4n) is 1.86. The first-order valence-electron chi connectivity index (χ1n) is 5.55. The van der Waals surface area contributed by atoms with Gasteiger partial charge >= 0.3 is 0 Å². The number of rotatable bonds is 4. The predicted molar refractivity (Wildman–Crippen MR) is 60.6 cm³/mol. The first-order valence-corrected chi connectivity index (χ1v) is 5.55. The average Bonchev–Trinajstić information content (AvgIpc) is 3.00. The van der Waals surface area contributed by atoms with E-state index in [9.17, 15) is 0 Å². The third-order valence-electron chi connectivity index (χ3n) is 2.96. The van der Waals surface area contributed by atoms with Crippen molar-refractivity contribution in [1.82, 2.24) is 4.57 Å². The lowest BCUT2D eigenvalue weighted by atomic mass is 10.2. The van der Waals surface area contributed by atoms with Crippen molar-refractivity contribution in [2.45, 2.75) is 19.6 Å². The van der Waals surface area contributed by atoms with Crippen LogP contribution in [0.5, 0.6) is 0 Å². The highest BCUT2D eigenvalue weighted by atomic mass is 16.5. The highest BCUT2D eigenvalue weighted by Gasteiger charge is 2.21. The van der Waals surface area contributed by atoms with Crippen molar-refractivity contribution < 1.29 is 4.74 Å². The summed E-state index contributed by atoms with van der Waals surface area (Å²) in [4.78, 5) is 0. The molecule has 0 saturated heterocycles. The molecule has 15 heavy (non-hydrogen) atoms. The third kappa shape index (κ3) is 1.90. The highest BCUT2D eigenvalue weighted by molar-refractivity contribution is 5.79. The van der Waals surface area contributed by atoms with E-state index in [0.29, 0.717) is 6.73 Å². The van der Waals surface area contributed by atoms with Crippen LogP contribution < -0.4 is 0 Å². The molecule has 0 spiro atoms. The van der Waals surface area contributed by atoms with Gasteiger partial charge in [-0.05, 0) is 36.3 Å². The van der Waals surface area contributed by atoms with Crippen LogP contribution in [0.2, 0.25) is 0 Å². The first kappa shape index (κ1) is 8.98. The zero-order chi connectivity index (χ0) is 10.1. The quantitative estimate of drug-likeness (QED) is 0.741. The van der Waals surface area contributed by atoms with E-state index < -0.39 is 0 Å². The van der Waals surface area contributed by atoms with E-state index in [-0.39, 0.29) is 0 Å². The number of para-hydroxylation sites is 1. The molecule has 0 bridgehead atoms. The largest absolute Gasteiger partial charge is 0.360 e. The van der Waals surface area contributed by atoms with E-state index in [1.54, 1.807) is 0 Å². The van der Waals surface area contributed by atoms with Crippen molar-refractivity contribution in [3.63, 3.8) is 0 Å². The van der Waals surface area contributed by atoms with E-state index in [1.165, 1.54) is 23.7 Å². The molecule has 0 unspecified atom stereocenters. The van der Waals surface area contributed by atoms with Crippen molar-refractivity contribution in [3.05, 3.63) is 36.5 Å². The van der Waals surface area contributed by atoms with Crippen LogP contribution in [-0.2, 0) is 11.5 Å². The molecule has 0 amide bonds. The van der Waals surface area contributed by atoms with Gasteiger partial charge in [0, 0.05) is 11.7 Å². The van der Waals surface area contributed by atoms with Crippen molar-refractivity contribution in [1.29, 1.82) is 0 Å². The summed E-state index contributed by atoms with van der Waals surface area (Å²) in [5.41, 5.74) is 1.26. The first-order chi connectivity index (χ1) is 7.43. The van der Waals surface area contributed by atoms with Crippen LogP contribution in [0.15, 0.2) is 36.5 Å². The van der Waals surface area contributed by atoms with E-state index in [1.807, 2.05) is 0 Å². The molecule has 1 saturated carbocycles. The lowest BCUT2D eigenvalue weighted by Crippen LogP contribution is -2.03. The minimum atomic E-state index is 0.685. The predicted octanol–water partition coefficient (Wildman–Crippen LogP) is 3.03. The van der Waals surface area contributed by atoms with Gasteiger partial charge in [-0.15, -0.1) is 0 Å². The lowest BCUT2D eigenvalue weighted by Gasteiger charge is -2.06. The van der Waals surface area contributed by atoms with Crippen molar-refractivity contribution in [3.8, 4) is 0 Å². The number of aromatic nitrogens is 1. The summed E-state index contributed by atoms with van der Waals surface area (Å²) in [7, 11) is 0. The second kappa shape index (κ2) is 3.70. The van der Waals surface area contributed by atoms with E-state index >= 15 is 0 Å². The summed E-state index contributed by atoms with van der Waals surface area (Å²) in [5.74, 6) is 0.840. The smallest absolute Gasteiger partial charge is 0.122 e. The molecule has 2 aromatic rings. The second-order valence-corrected chi connectivity index (χ2v) is 4.29. The van der Waals surface area contributed by atoms with Gasteiger partial charge in [0.1, 0.15) is 6.73 Å². The molecule has 2 heteroatoms. The van der Waals surface area contributed by atoms with Gasteiger partial charge in [-0.1, -0.05) is 18.2 Å². The van der Waals surface area contributed by atoms with Crippen LogP contribution in [0.4, 0.5) is 0 Å². The summed E-state index contributed by atoms with van der Waals surface area (Å²) >= 11 is 0.